The zero-order chi connectivity index (χ0) is 18.1. The number of nitrogens with zero attached hydrogens (tertiary/aromatic N) is 3. The fourth-order valence-corrected chi connectivity index (χ4v) is 4.23. The first-order chi connectivity index (χ1) is 12.6. The molecule has 0 fully saturated rings. The number of halogens is 1. The Hall–Kier alpha value is -2.67. The van der Waals surface area contributed by atoms with Crippen LogP contribution in [0, 0.1) is 5.82 Å². The average molecular weight is 368 g/mol. The summed E-state index contributed by atoms with van der Waals surface area (Å²) in [7, 11) is 1.78. The van der Waals surface area contributed by atoms with E-state index in [9.17, 15) is 9.18 Å². The van der Waals surface area contributed by atoms with Gasteiger partial charge in [-0.1, -0.05) is 0 Å². The summed E-state index contributed by atoms with van der Waals surface area (Å²) in [6, 6.07) is 8.21. The largest absolute Gasteiger partial charge is 0.345 e. The molecule has 1 N–H and O–H groups in total. The second-order valence-corrected chi connectivity index (χ2v) is 7.29. The molecule has 4 rings (SSSR count). The van der Waals surface area contributed by atoms with Crippen molar-refractivity contribution in [3.05, 3.63) is 65.9 Å². The van der Waals surface area contributed by atoms with Gasteiger partial charge in [0.2, 0.25) is 0 Å². The van der Waals surface area contributed by atoms with Crippen molar-refractivity contribution in [3.8, 4) is 11.3 Å². The quantitative estimate of drug-likeness (QED) is 0.768. The lowest BCUT2D eigenvalue weighted by atomic mass is 10.0. The van der Waals surface area contributed by atoms with Crippen LogP contribution in [-0.2, 0) is 7.05 Å². The van der Waals surface area contributed by atoms with E-state index in [-0.39, 0.29) is 17.8 Å². The molecule has 132 valence electrons. The van der Waals surface area contributed by atoms with E-state index in [0.717, 1.165) is 28.2 Å². The van der Waals surface area contributed by atoms with Crippen molar-refractivity contribution in [2.45, 2.75) is 17.4 Å². The minimum Gasteiger partial charge on any atom is -0.345 e. The Morgan fingerprint density at radius 3 is 3.08 bits per heavy atom. The Kier molecular flexibility index (Phi) is 4.46. The summed E-state index contributed by atoms with van der Waals surface area (Å²) in [5.41, 5.74) is 2.68. The van der Waals surface area contributed by atoms with Crippen molar-refractivity contribution in [2.75, 3.05) is 5.75 Å². The third kappa shape index (κ3) is 3.22. The van der Waals surface area contributed by atoms with Gasteiger partial charge in [-0.3, -0.25) is 14.5 Å². The summed E-state index contributed by atoms with van der Waals surface area (Å²) in [6.07, 6.45) is 5.81. The number of hydrogen-bond donors (Lipinski definition) is 1. The summed E-state index contributed by atoms with van der Waals surface area (Å²) < 4.78 is 15.3. The molecule has 0 unspecified atom stereocenters. The van der Waals surface area contributed by atoms with Crippen LogP contribution < -0.4 is 5.32 Å². The van der Waals surface area contributed by atoms with Crippen LogP contribution in [0.3, 0.4) is 0 Å². The van der Waals surface area contributed by atoms with Crippen LogP contribution in [0.4, 0.5) is 4.39 Å². The van der Waals surface area contributed by atoms with Crippen molar-refractivity contribution >= 4 is 17.7 Å². The molecule has 1 atom stereocenters. The number of nitrogens with one attached hydrogen (secondary N) is 1. The number of thioether (sulfide) groups is 1. The monoisotopic (exact) mass is 368 g/mol. The van der Waals surface area contributed by atoms with Crippen LogP contribution >= 0.6 is 11.8 Å². The van der Waals surface area contributed by atoms with Crippen molar-refractivity contribution in [1.29, 1.82) is 0 Å². The van der Waals surface area contributed by atoms with Gasteiger partial charge < -0.3 is 5.32 Å². The second-order valence-electron chi connectivity index (χ2n) is 6.15. The molecule has 3 aromatic rings. The van der Waals surface area contributed by atoms with E-state index in [1.807, 2.05) is 12.1 Å². The highest BCUT2D eigenvalue weighted by molar-refractivity contribution is 7.99. The lowest BCUT2D eigenvalue weighted by Gasteiger charge is -2.26. The zero-order valence-electron chi connectivity index (χ0n) is 14.1. The van der Waals surface area contributed by atoms with Gasteiger partial charge in [-0.05, 0) is 42.3 Å². The molecule has 0 saturated carbocycles. The first kappa shape index (κ1) is 16.8. The number of aryl methyl sites for hydroxylation is 1. The second kappa shape index (κ2) is 6.92. The maximum Gasteiger partial charge on any atom is 0.255 e. The summed E-state index contributed by atoms with van der Waals surface area (Å²) in [4.78, 5) is 18.0. The van der Waals surface area contributed by atoms with Crippen LogP contribution in [0.1, 0.15) is 28.4 Å². The van der Waals surface area contributed by atoms with Gasteiger partial charge in [-0.25, -0.2) is 4.39 Å². The smallest absolute Gasteiger partial charge is 0.255 e. The van der Waals surface area contributed by atoms with Gasteiger partial charge in [0.15, 0.2) is 0 Å². The molecule has 0 radical (unpaired) electrons. The third-order valence-electron chi connectivity index (χ3n) is 4.33. The van der Waals surface area contributed by atoms with E-state index in [0.29, 0.717) is 11.3 Å². The van der Waals surface area contributed by atoms with E-state index in [1.165, 1.54) is 12.1 Å². The van der Waals surface area contributed by atoms with Gasteiger partial charge in [0.1, 0.15) is 11.5 Å². The topological polar surface area (TPSA) is 59.8 Å². The number of hydrogen-bond acceptors (Lipinski definition) is 4. The highest BCUT2D eigenvalue weighted by atomic mass is 32.2. The van der Waals surface area contributed by atoms with Crippen LogP contribution in [0.15, 0.2) is 53.8 Å². The predicted molar refractivity (Wildman–Crippen MR) is 98.4 cm³/mol. The molecular weight excluding hydrogens is 351 g/mol. The van der Waals surface area contributed by atoms with Crippen molar-refractivity contribution < 1.29 is 9.18 Å². The number of carbonyl (C=O) groups excluding carboxylic acids is 1. The van der Waals surface area contributed by atoms with Gasteiger partial charge in [0, 0.05) is 41.8 Å². The Morgan fingerprint density at radius 2 is 2.27 bits per heavy atom. The maximum absolute atomic E-state index is 13.7. The van der Waals surface area contributed by atoms with Crippen LogP contribution in [0.2, 0.25) is 0 Å². The van der Waals surface area contributed by atoms with Crippen molar-refractivity contribution in [3.63, 3.8) is 0 Å². The number of pyridine rings is 1. The number of rotatable bonds is 3. The highest BCUT2D eigenvalue weighted by Gasteiger charge is 2.25. The first-order valence-electron chi connectivity index (χ1n) is 8.29. The van der Waals surface area contributed by atoms with Gasteiger partial charge in [0.25, 0.3) is 5.91 Å². The molecule has 1 aromatic carbocycles. The van der Waals surface area contributed by atoms with Crippen molar-refractivity contribution in [2.24, 2.45) is 7.05 Å². The van der Waals surface area contributed by atoms with E-state index in [4.69, 9.17) is 0 Å². The lowest BCUT2D eigenvalue weighted by Crippen LogP contribution is -2.30. The fraction of sp³-hybridized carbons (Fsp3) is 0.211. The Balaban J connectivity index is 1.64. The molecule has 0 spiro atoms. The van der Waals surface area contributed by atoms with Crippen molar-refractivity contribution in [1.82, 2.24) is 20.1 Å². The number of benzene rings is 1. The minimum absolute atomic E-state index is 0.212. The summed E-state index contributed by atoms with van der Waals surface area (Å²) in [5.74, 6) is 0.374. The number of amides is 1. The summed E-state index contributed by atoms with van der Waals surface area (Å²) >= 11 is 1.69. The highest BCUT2D eigenvalue weighted by Crippen LogP contribution is 2.36. The van der Waals surface area contributed by atoms with Crippen LogP contribution in [0.5, 0.6) is 0 Å². The summed E-state index contributed by atoms with van der Waals surface area (Å²) in [5, 5.41) is 7.45. The zero-order valence-corrected chi connectivity index (χ0v) is 15.0. The maximum atomic E-state index is 13.7. The van der Waals surface area contributed by atoms with Crippen LogP contribution in [0.25, 0.3) is 11.3 Å². The van der Waals surface area contributed by atoms with Gasteiger partial charge in [0.05, 0.1) is 11.6 Å². The first-order valence-corrected chi connectivity index (χ1v) is 9.27. The van der Waals surface area contributed by atoms with E-state index < -0.39 is 0 Å². The minimum atomic E-state index is -0.289. The lowest BCUT2D eigenvalue weighted by molar-refractivity contribution is 0.0935. The van der Waals surface area contributed by atoms with E-state index in [1.54, 1.807) is 48.1 Å². The SMILES string of the molecule is Cn1cc(C(=O)N[C@H]2CCSc3ccc(F)cc32)c(-c2cccnc2)n1. The summed E-state index contributed by atoms with van der Waals surface area (Å²) in [6.45, 7) is 0. The Bertz CT molecular complexity index is 957. The van der Waals surface area contributed by atoms with E-state index in [2.05, 4.69) is 15.4 Å². The van der Waals surface area contributed by atoms with Crippen LogP contribution in [-0.4, -0.2) is 26.4 Å². The molecule has 5 nitrogen and oxygen atoms in total. The molecule has 0 bridgehead atoms. The molecule has 0 saturated heterocycles. The Morgan fingerprint density at radius 1 is 1.38 bits per heavy atom. The number of aromatic nitrogens is 3. The van der Waals surface area contributed by atoms with Gasteiger partial charge >= 0.3 is 0 Å². The fourth-order valence-electron chi connectivity index (χ4n) is 3.12. The average Bonchev–Trinajstić information content (AvgIpc) is 3.05. The molecule has 0 aliphatic carbocycles. The Labute approximate surface area is 154 Å². The standard InChI is InChI=1S/C19H17FN4OS/c1-24-11-15(18(23-24)12-3-2-7-21-10-12)19(25)22-16-6-8-26-17-5-4-13(20)9-14(16)17/h2-5,7,9-11,16H,6,8H2,1H3,(H,22,25)/t16-/m0/s1. The molecular formula is C19H17FN4OS. The normalized spacial score (nSPS) is 16.2. The number of carbonyl (C=O) groups is 1. The van der Waals surface area contributed by atoms with Gasteiger partial charge in [-0.15, -0.1) is 11.8 Å². The molecule has 26 heavy (non-hydrogen) atoms. The molecule has 1 amide bonds. The molecule has 1 aliphatic rings. The molecule has 7 heteroatoms. The molecule has 2 aromatic heterocycles. The molecule has 3 heterocycles. The number of fused-ring (bicyclic) bond motifs is 1. The van der Waals surface area contributed by atoms with Gasteiger partial charge in [-0.2, -0.15) is 5.10 Å². The predicted octanol–water partition coefficient (Wildman–Crippen LogP) is 3.59. The third-order valence-corrected chi connectivity index (χ3v) is 5.45. The molecule has 1 aliphatic heterocycles. The van der Waals surface area contributed by atoms with E-state index >= 15 is 0 Å².